The number of halogens is 1. The number of rotatable bonds is 8. The molecular weight excluding hydrogens is 243 g/mol. The molecule has 1 aromatic rings. The Morgan fingerprint density at radius 1 is 1.32 bits per heavy atom. The van der Waals surface area contributed by atoms with E-state index in [1.807, 2.05) is 19.9 Å². The molecule has 0 aliphatic rings. The van der Waals surface area contributed by atoms with Gasteiger partial charge in [0, 0.05) is 18.3 Å². The number of benzene rings is 1. The molecule has 0 fully saturated rings. The monoisotopic (exact) mass is 268 g/mol. The molecule has 0 saturated heterocycles. The highest BCUT2D eigenvalue weighted by molar-refractivity contribution is 5.46. The maximum atomic E-state index is 13.0. The zero-order valence-electron chi connectivity index (χ0n) is 12.1. The van der Waals surface area contributed by atoms with E-state index in [4.69, 9.17) is 0 Å². The second-order valence-electron chi connectivity index (χ2n) is 4.00. The zero-order valence-corrected chi connectivity index (χ0v) is 12.1. The van der Waals surface area contributed by atoms with E-state index in [1.165, 1.54) is 12.1 Å². The fourth-order valence-corrected chi connectivity index (χ4v) is 1.77. The van der Waals surface area contributed by atoms with Crippen molar-refractivity contribution in [2.24, 2.45) is 0 Å². The molecule has 2 N–H and O–H groups in total. The van der Waals surface area contributed by atoms with Crippen LogP contribution in [0.3, 0.4) is 0 Å². The summed E-state index contributed by atoms with van der Waals surface area (Å²) in [7, 11) is 0. The zero-order chi connectivity index (χ0) is 14.5. The van der Waals surface area contributed by atoms with Crippen LogP contribution >= 0.6 is 0 Å². The van der Waals surface area contributed by atoms with Crippen LogP contribution in [0.25, 0.3) is 0 Å². The molecule has 4 heteroatoms. The molecule has 1 unspecified atom stereocenters. The van der Waals surface area contributed by atoms with Crippen molar-refractivity contribution in [1.29, 1.82) is 0 Å². The predicted molar refractivity (Wildman–Crippen MR) is 78.8 cm³/mol. The first-order valence-electron chi connectivity index (χ1n) is 6.95. The molecule has 1 amide bonds. The van der Waals surface area contributed by atoms with Crippen molar-refractivity contribution in [3.63, 3.8) is 0 Å². The van der Waals surface area contributed by atoms with Gasteiger partial charge >= 0.3 is 0 Å². The minimum absolute atomic E-state index is 0.240. The van der Waals surface area contributed by atoms with Gasteiger partial charge in [0.25, 0.3) is 0 Å². The molecule has 0 radical (unpaired) electrons. The molecule has 1 atom stereocenters. The van der Waals surface area contributed by atoms with Crippen molar-refractivity contribution in [3.8, 4) is 0 Å². The van der Waals surface area contributed by atoms with Crippen molar-refractivity contribution in [2.45, 2.75) is 46.1 Å². The molecule has 0 bridgehead atoms. The van der Waals surface area contributed by atoms with E-state index < -0.39 is 0 Å². The maximum absolute atomic E-state index is 13.0. The van der Waals surface area contributed by atoms with Crippen LogP contribution in [0.2, 0.25) is 0 Å². The number of nitrogens with one attached hydrogen (secondary N) is 2. The van der Waals surface area contributed by atoms with Gasteiger partial charge in [-0.05, 0) is 31.0 Å². The second-order valence-corrected chi connectivity index (χ2v) is 4.00. The molecule has 0 spiro atoms. The van der Waals surface area contributed by atoms with Crippen LogP contribution in [0.15, 0.2) is 24.3 Å². The van der Waals surface area contributed by atoms with Gasteiger partial charge in [0.15, 0.2) is 0 Å². The topological polar surface area (TPSA) is 41.1 Å². The van der Waals surface area contributed by atoms with Crippen molar-refractivity contribution in [1.82, 2.24) is 5.32 Å². The first-order chi connectivity index (χ1) is 9.26. The SMILES string of the molecule is CC.CCCC(CCNC=O)Nc1cccc(F)c1. The highest BCUT2D eigenvalue weighted by atomic mass is 19.1. The van der Waals surface area contributed by atoms with Gasteiger partial charge in [-0.3, -0.25) is 4.79 Å². The van der Waals surface area contributed by atoms with Gasteiger partial charge in [0.2, 0.25) is 6.41 Å². The first kappa shape index (κ1) is 17.4. The van der Waals surface area contributed by atoms with Crippen molar-refractivity contribution in [3.05, 3.63) is 30.1 Å². The van der Waals surface area contributed by atoms with Crippen LogP contribution in [0.4, 0.5) is 10.1 Å². The third kappa shape index (κ3) is 8.19. The van der Waals surface area contributed by atoms with Gasteiger partial charge in [-0.1, -0.05) is 33.3 Å². The van der Waals surface area contributed by atoms with Gasteiger partial charge in [0.1, 0.15) is 5.82 Å². The molecule has 19 heavy (non-hydrogen) atoms. The summed E-state index contributed by atoms with van der Waals surface area (Å²) in [6, 6.07) is 6.70. The summed E-state index contributed by atoms with van der Waals surface area (Å²) in [6.07, 6.45) is 3.58. The van der Waals surface area contributed by atoms with E-state index in [0.717, 1.165) is 24.9 Å². The van der Waals surface area contributed by atoms with E-state index in [0.29, 0.717) is 13.0 Å². The fourth-order valence-electron chi connectivity index (χ4n) is 1.77. The van der Waals surface area contributed by atoms with E-state index in [-0.39, 0.29) is 11.9 Å². The Balaban J connectivity index is 0.00000154. The van der Waals surface area contributed by atoms with Gasteiger partial charge in [-0.2, -0.15) is 0 Å². The van der Waals surface area contributed by atoms with E-state index in [1.54, 1.807) is 6.07 Å². The molecule has 0 saturated carbocycles. The Labute approximate surface area is 115 Å². The lowest BCUT2D eigenvalue weighted by Crippen LogP contribution is -2.25. The molecular formula is C15H25FN2O. The Kier molecular flexibility index (Phi) is 10.6. The molecule has 0 aliphatic heterocycles. The normalized spacial score (nSPS) is 10.9. The maximum Gasteiger partial charge on any atom is 0.207 e. The summed E-state index contributed by atoms with van der Waals surface area (Å²) in [5.74, 6) is -0.240. The molecule has 1 rings (SSSR count). The Morgan fingerprint density at radius 3 is 2.63 bits per heavy atom. The van der Waals surface area contributed by atoms with Crippen molar-refractivity contribution in [2.75, 3.05) is 11.9 Å². The lowest BCUT2D eigenvalue weighted by atomic mass is 10.1. The minimum Gasteiger partial charge on any atom is -0.382 e. The summed E-state index contributed by atoms with van der Waals surface area (Å²) in [4.78, 5) is 10.2. The van der Waals surface area contributed by atoms with Crippen LogP contribution in [0.5, 0.6) is 0 Å². The number of hydrogen-bond donors (Lipinski definition) is 2. The number of carbonyl (C=O) groups excluding carboxylic acids is 1. The highest BCUT2D eigenvalue weighted by Crippen LogP contribution is 2.14. The van der Waals surface area contributed by atoms with Crippen LogP contribution in [0, 0.1) is 5.82 Å². The lowest BCUT2D eigenvalue weighted by molar-refractivity contribution is -0.109. The van der Waals surface area contributed by atoms with Crippen LogP contribution < -0.4 is 10.6 Å². The number of amides is 1. The van der Waals surface area contributed by atoms with E-state index >= 15 is 0 Å². The van der Waals surface area contributed by atoms with Crippen LogP contribution in [-0.4, -0.2) is 19.0 Å². The average molecular weight is 268 g/mol. The average Bonchev–Trinajstić information content (AvgIpc) is 2.41. The Bertz CT molecular complexity index is 345. The number of anilines is 1. The highest BCUT2D eigenvalue weighted by Gasteiger charge is 2.07. The van der Waals surface area contributed by atoms with Crippen LogP contribution in [-0.2, 0) is 4.79 Å². The Morgan fingerprint density at radius 2 is 2.05 bits per heavy atom. The lowest BCUT2D eigenvalue weighted by Gasteiger charge is -2.19. The predicted octanol–water partition coefficient (Wildman–Crippen LogP) is 3.57. The summed E-state index contributed by atoms with van der Waals surface area (Å²) in [6.45, 7) is 6.74. The van der Waals surface area contributed by atoms with Gasteiger partial charge < -0.3 is 10.6 Å². The smallest absolute Gasteiger partial charge is 0.207 e. The third-order valence-corrected chi connectivity index (χ3v) is 2.55. The summed E-state index contributed by atoms with van der Waals surface area (Å²) < 4.78 is 13.0. The second kappa shape index (κ2) is 11.5. The Hall–Kier alpha value is -1.58. The summed E-state index contributed by atoms with van der Waals surface area (Å²) >= 11 is 0. The third-order valence-electron chi connectivity index (χ3n) is 2.55. The van der Waals surface area contributed by atoms with Crippen LogP contribution in [0.1, 0.15) is 40.0 Å². The van der Waals surface area contributed by atoms with Gasteiger partial charge in [-0.25, -0.2) is 4.39 Å². The molecule has 1 aromatic carbocycles. The minimum atomic E-state index is -0.240. The largest absolute Gasteiger partial charge is 0.382 e. The molecule has 0 aliphatic carbocycles. The molecule has 108 valence electrons. The molecule has 0 aromatic heterocycles. The fraction of sp³-hybridized carbons (Fsp3) is 0.533. The van der Waals surface area contributed by atoms with Crippen molar-refractivity contribution >= 4 is 12.1 Å². The van der Waals surface area contributed by atoms with Crippen molar-refractivity contribution < 1.29 is 9.18 Å². The first-order valence-corrected chi connectivity index (χ1v) is 6.95. The number of carbonyl (C=O) groups is 1. The summed E-state index contributed by atoms with van der Waals surface area (Å²) in [5.41, 5.74) is 0.787. The van der Waals surface area contributed by atoms with Gasteiger partial charge in [-0.15, -0.1) is 0 Å². The standard InChI is InChI=1S/C13H19FN2O.C2H6/c1-2-4-12(7-8-15-10-17)16-13-6-3-5-11(14)9-13;1-2/h3,5-6,9-10,12,16H,2,4,7-8H2,1H3,(H,15,17);1-2H3. The number of hydrogen-bond acceptors (Lipinski definition) is 2. The van der Waals surface area contributed by atoms with E-state index in [2.05, 4.69) is 17.6 Å². The van der Waals surface area contributed by atoms with Gasteiger partial charge in [0.05, 0.1) is 0 Å². The quantitative estimate of drug-likeness (QED) is 0.559. The molecule has 0 heterocycles. The summed E-state index contributed by atoms with van der Waals surface area (Å²) in [5, 5.41) is 5.92. The van der Waals surface area contributed by atoms with E-state index in [9.17, 15) is 9.18 Å². The molecule has 3 nitrogen and oxygen atoms in total.